The fourth-order valence-corrected chi connectivity index (χ4v) is 7.74. The Hall–Kier alpha value is -1.01. The van der Waals surface area contributed by atoms with Crippen LogP contribution < -0.4 is 10.0 Å². The van der Waals surface area contributed by atoms with E-state index in [2.05, 4.69) is 10.0 Å². The van der Waals surface area contributed by atoms with Crippen LogP contribution in [0.4, 0.5) is 13.2 Å². The van der Waals surface area contributed by atoms with E-state index in [1.165, 1.54) is 0 Å². The standard InChI is InChI=1S/C22H34F3N3O3S2/c1-22(2,3)32(29)27-21(12-14-11-19(24)20(25)13-18(14)23)15-9-16-5-6-17(10-15)28(16)33(30,31)8-7-26-4/h11,13,15-17,21,26-27H,5-10,12H2,1-4H3/t15?,16-,17+,21-,32+/m1/s1. The van der Waals surface area contributed by atoms with Crippen molar-refractivity contribution in [2.45, 2.75) is 75.7 Å². The lowest BCUT2D eigenvalue weighted by atomic mass is 9.83. The van der Waals surface area contributed by atoms with E-state index in [9.17, 15) is 25.8 Å². The van der Waals surface area contributed by atoms with Crippen molar-refractivity contribution in [3.63, 3.8) is 0 Å². The third-order valence-corrected chi connectivity index (χ3v) is 10.1. The molecule has 0 spiro atoms. The number of hydrogen-bond acceptors (Lipinski definition) is 4. The number of nitrogens with one attached hydrogen (secondary N) is 2. The molecule has 2 aliphatic rings. The van der Waals surface area contributed by atoms with Gasteiger partial charge in [0.1, 0.15) is 5.82 Å². The van der Waals surface area contributed by atoms with Crippen molar-refractivity contribution in [2.75, 3.05) is 19.3 Å². The van der Waals surface area contributed by atoms with Crippen molar-refractivity contribution < 1.29 is 25.8 Å². The first-order valence-electron chi connectivity index (χ1n) is 11.3. The molecule has 1 unspecified atom stereocenters. The van der Waals surface area contributed by atoms with E-state index in [1.807, 2.05) is 20.8 Å². The van der Waals surface area contributed by atoms with E-state index in [-0.39, 0.29) is 35.7 Å². The van der Waals surface area contributed by atoms with Crippen molar-refractivity contribution in [1.29, 1.82) is 0 Å². The molecule has 0 aliphatic carbocycles. The SMILES string of the molecule is CNCCS(=O)(=O)N1[C@@H]2CC[C@H]1CC([C@@H](Cc1cc(F)c(F)cc1F)N[S@@](=O)C(C)(C)C)C2. The topological polar surface area (TPSA) is 78.5 Å². The zero-order valence-corrected chi connectivity index (χ0v) is 21.2. The molecule has 6 nitrogen and oxygen atoms in total. The van der Waals surface area contributed by atoms with Gasteiger partial charge in [-0.05, 0) is 77.5 Å². The molecule has 0 aromatic heterocycles. The Balaban J connectivity index is 1.85. The van der Waals surface area contributed by atoms with Gasteiger partial charge < -0.3 is 5.32 Å². The Morgan fingerprint density at radius 3 is 2.21 bits per heavy atom. The highest BCUT2D eigenvalue weighted by atomic mass is 32.2. The summed E-state index contributed by atoms with van der Waals surface area (Å²) in [4.78, 5) is 0. The van der Waals surface area contributed by atoms with Gasteiger partial charge in [0.25, 0.3) is 0 Å². The number of nitrogens with zero attached hydrogens (tertiary/aromatic N) is 1. The quantitative estimate of drug-likeness (QED) is 0.502. The number of rotatable bonds is 9. The van der Waals surface area contributed by atoms with E-state index in [1.54, 1.807) is 11.4 Å². The molecular weight excluding hydrogens is 475 g/mol. The third-order valence-electron chi connectivity index (χ3n) is 6.55. The summed E-state index contributed by atoms with van der Waals surface area (Å²) in [5.74, 6) is -3.30. The van der Waals surface area contributed by atoms with Crippen molar-refractivity contribution in [3.8, 4) is 0 Å². The predicted octanol–water partition coefficient (Wildman–Crippen LogP) is 2.86. The van der Waals surface area contributed by atoms with Gasteiger partial charge in [-0.15, -0.1) is 0 Å². The molecule has 1 aromatic rings. The second-order valence-electron chi connectivity index (χ2n) is 10.0. The van der Waals surface area contributed by atoms with Crippen LogP contribution in [0.25, 0.3) is 0 Å². The van der Waals surface area contributed by atoms with Crippen molar-refractivity contribution in [2.24, 2.45) is 5.92 Å². The summed E-state index contributed by atoms with van der Waals surface area (Å²) in [7, 11) is -3.18. The Labute approximate surface area is 197 Å². The van der Waals surface area contributed by atoms with Gasteiger partial charge in [-0.2, -0.15) is 4.31 Å². The monoisotopic (exact) mass is 509 g/mol. The van der Waals surface area contributed by atoms with Crippen LogP contribution in [0.2, 0.25) is 0 Å². The molecule has 2 saturated heterocycles. The van der Waals surface area contributed by atoms with Gasteiger partial charge in [0.15, 0.2) is 11.6 Å². The maximum absolute atomic E-state index is 14.4. The fourth-order valence-electron chi connectivity index (χ4n) is 4.87. The van der Waals surface area contributed by atoms with Crippen LogP contribution in [0.5, 0.6) is 0 Å². The lowest BCUT2D eigenvalue weighted by Gasteiger charge is -2.41. The van der Waals surface area contributed by atoms with Crippen LogP contribution in [0, 0.1) is 23.4 Å². The second kappa shape index (κ2) is 10.3. The zero-order valence-electron chi connectivity index (χ0n) is 19.5. The molecule has 188 valence electrons. The van der Waals surface area contributed by atoms with Gasteiger partial charge in [0.2, 0.25) is 10.0 Å². The highest BCUT2D eigenvalue weighted by Gasteiger charge is 2.48. The molecule has 11 heteroatoms. The Bertz CT molecular complexity index is 971. The molecule has 2 fully saturated rings. The lowest BCUT2D eigenvalue weighted by molar-refractivity contribution is 0.166. The molecular formula is C22H34F3N3O3S2. The average molecular weight is 510 g/mol. The maximum atomic E-state index is 14.4. The molecule has 2 aliphatic heterocycles. The van der Waals surface area contributed by atoms with E-state index in [0.29, 0.717) is 25.5 Å². The second-order valence-corrected chi connectivity index (χ2v) is 14.0. The minimum absolute atomic E-state index is 0.00808. The predicted molar refractivity (Wildman–Crippen MR) is 124 cm³/mol. The number of sulfonamides is 1. The number of hydrogen-bond donors (Lipinski definition) is 2. The lowest BCUT2D eigenvalue weighted by Crippen LogP contribution is -2.53. The molecule has 2 bridgehead atoms. The van der Waals surface area contributed by atoms with E-state index < -0.39 is 49.2 Å². The maximum Gasteiger partial charge on any atom is 0.215 e. The highest BCUT2D eigenvalue weighted by Crippen LogP contribution is 2.42. The van der Waals surface area contributed by atoms with Gasteiger partial charge in [-0.3, -0.25) is 0 Å². The van der Waals surface area contributed by atoms with Gasteiger partial charge in [-0.25, -0.2) is 30.5 Å². The van der Waals surface area contributed by atoms with Crippen LogP contribution in [-0.4, -0.2) is 59.1 Å². The minimum Gasteiger partial charge on any atom is -0.319 e. The van der Waals surface area contributed by atoms with Crippen LogP contribution in [0.1, 0.15) is 52.0 Å². The van der Waals surface area contributed by atoms with Gasteiger partial charge in [0, 0.05) is 30.7 Å². The van der Waals surface area contributed by atoms with Gasteiger partial charge in [-0.1, -0.05) is 0 Å². The zero-order chi connectivity index (χ0) is 24.6. The normalized spacial score (nSPS) is 25.8. The first kappa shape index (κ1) is 26.6. The van der Waals surface area contributed by atoms with E-state index in [4.69, 9.17) is 0 Å². The van der Waals surface area contributed by atoms with Gasteiger partial charge in [0.05, 0.1) is 21.5 Å². The molecule has 2 N–H and O–H groups in total. The smallest absolute Gasteiger partial charge is 0.215 e. The molecule has 0 amide bonds. The molecule has 5 atom stereocenters. The first-order valence-corrected chi connectivity index (χ1v) is 14.1. The molecule has 33 heavy (non-hydrogen) atoms. The summed E-state index contributed by atoms with van der Waals surface area (Å²) in [6.07, 6.45) is 2.60. The molecule has 1 aromatic carbocycles. The Morgan fingerprint density at radius 2 is 1.67 bits per heavy atom. The molecule has 3 rings (SSSR count). The fraction of sp³-hybridized carbons (Fsp3) is 0.727. The van der Waals surface area contributed by atoms with Crippen LogP contribution in [0.15, 0.2) is 12.1 Å². The van der Waals surface area contributed by atoms with Crippen LogP contribution >= 0.6 is 0 Å². The summed E-state index contributed by atoms with van der Waals surface area (Å²) >= 11 is 0. The highest BCUT2D eigenvalue weighted by molar-refractivity contribution is 7.89. The van der Waals surface area contributed by atoms with Crippen molar-refractivity contribution in [1.82, 2.24) is 14.3 Å². The number of fused-ring (bicyclic) bond motifs is 2. The Morgan fingerprint density at radius 1 is 1.09 bits per heavy atom. The summed E-state index contributed by atoms with van der Waals surface area (Å²) in [6, 6.07) is 0.569. The van der Waals surface area contributed by atoms with E-state index in [0.717, 1.165) is 18.9 Å². The van der Waals surface area contributed by atoms with Crippen molar-refractivity contribution >= 4 is 21.0 Å². The largest absolute Gasteiger partial charge is 0.319 e. The minimum atomic E-state index is -3.41. The van der Waals surface area contributed by atoms with Crippen LogP contribution in [-0.2, 0) is 27.4 Å². The Kier molecular flexibility index (Phi) is 8.31. The molecule has 2 heterocycles. The summed E-state index contributed by atoms with van der Waals surface area (Å²) in [5, 5.41) is 2.87. The van der Waals surface area contributed by atoms with E-state index >= 15 is 0 Å². The summed E-state index contributed by atoms with van der Waals surface area (Å²) < 4.78 is 84.5. The summed E-state index contributed by atoms with van der Waals surface area (Å²) in [6.45, 7) is 5.80. The number of benzene rings is 1. The summed E-state index contributed by atoms with van der Waals surface area (Å²) in [5.41, 5.74) is 0.00808. The van der Waals surface area contributed by atoms with Crippen molar-refractivity contribution in [3.05, 3.63) is 35.1 Å². The first-order chi connectivity index (χ1) is 15.3. The number of piperidine rings is 1. The molecule has 0 radical (unpaired) electrons. The average Bonchev–Trinajstić information content (AvgIpc) is 3.00. The number of halogens is 3. The third kappa shape index (κ3) is 6.17. The van der Waals surface area contributed by atoms with Crippen LogP contribution in [0.3, 0.4) is 0 Å². The molecule has 0 saturated carbocycles. The van der Waals surface area contributed by atoms with Gasteiger partial charge >= 0.3 is 0 Å².